The third-order valence-corrected chi connectivity index (χ3v) is 2.04. The number of nitrogens with one attached hydrogen (secondary N) is 1. The molecule has 0 saturated heterocycles. The maximum Gasteiger partial charge on any atom is 0.305 e. The van der Waals surface area contributed by atoms with Crippen molar-refractivity contribution in [2.75, 3.05) is 32.5 Å². The fourth-order valence-corrected chi connectivity index (χ4v) is 1.19. The van der Waals surface area contributed by atoms with Crippen LogP contribution >= 0.6 is 0 Å². The Morgan fingerprint density at radius 3 is 2.82 bits per heavy atom. The second kappa shape index (κ2) is 5.77. The molecular formula is C10H13N5O2. The first kappa shape index (κ1) is 12.9. The molecule has 7 heteroatoms. The van der Waals surface area contributed by atoms with Gasteiger partial charge in [-0.25, -0.2) is 4.98 Å². The standard InChI is InChI=1S/C10H13N5O2/c1-14(2)6-5-12-10-4-3-9(15(16)17)8(7-11)13-10/h3-4H,5-6H2,1-2H3,(H,12,13). The highest BCUT2D eigenvalue weighted by atomic mass is 16.6. The monoisotopic (exact) mass is 235 g/mol. The van der Waals surface area contributed by atoms with Crippen molar-refractivity contribution in [2.45, 2.75) is 0 Å². The molecule has 1 heterocycles. The molecule has 17 heavy (non-hydrogen) atoms. The van der Waals surface area contributed by atoms with Gasteiger partial charge in [0.15, 0.2) is 0 Å². The van der Waals surface area contributed by atoms with Crippen LogP contribution in [0.1, 0.15) is 5.69 Å². The highest BCUT2D eigenvalue weighted by Crippen LogP contribution is 2.17. The fraction of sp³-hybridized carbons (Fsp3) is 0.400. The molecule has 90 valence electrons. The lowest BCUT2D eigenvalue weighted by molar-refractivity contribution is -0.385. The number of likely N-dealkylation sites (N-methyl/N-ethyl adjacent to an activating group) is 1. The number of rotatable bonds is 5. The Labute approximate surface area is 98.8 Å². The molecule has 0 aliphatic carbocycles. The van der Waals surface area contributed by atoms with Crippen LogP contribution in [0.4, 0.5) is 11.5 Å². The van der Waals surface area contributed by atoms with E-state index in [0.717, 1.165) is 6.54 Å². The summed E-state index contributed by atoms with van der Waals surface area (Å²) < 4.78 is 0. The number of anilines is 1. The van der Waals surface area contributed by atoms with E-state index in [9.17, 15) is 10.1 Å². The van der Waals surface area contributed by atoms with Crippen molar-refractivity contribution in [1.82, 2.24) is 9.88 Å². The number of pyridine rings is 1. The van der Waals surface area contributed by atoms with Crippen LogP contribution in [0, 0.1) is 21.4 Å². The van der Waals surface area contributed by atoms with Gasteiger partial charge in [0.1, 0.15) is 11.9 Å². The Morgan fingerprint density at radius 2 is 2.29 bits per heavy atom. The SMILES string of the molecule is CN(C)CCNc1ccc([N+](=O)[O-])c(C#N)n1. The first-order valence-corrected chi connectivity index (χ1v) is 4.98. The van der Waals surface area contributed by atoms with E-state index in [1.54, 1.807) is 6.07 Å². The van der Waals surface area contributed by atoms with Gasteiger partial charge < -0.3 is 10.2 Å². The summed E-state index contributed by atoms with van der Waals surface area (Å²) in [5, 5.41) is 22.3. The molecule has 1 N–H and O–H groups in total. The topological polar surface area (TPSA) is 95.1 Å². The van der Waals surface area contributed by atoms with Crippen molar-refractivity contribution in [2.24, 2.45) is 0 Å². The molecule has 0 bridgehead atoms. The van der Waals surface area contributed by atoms with Crippen molar-refractivity contribution >= 4 is 11.5 Å². The first-order valence-electron chi connectivity index (χ1n) is 4.98. The second-order valence-electron chi connectivity index (χ2n) is 3.66. The Balaban J connectivity index is 2.77. The smallest absolute Gasteiger partial charge is 0.305 e. The van der Waals surface area contributed by atoms with Gasteiger partial charge in [-0.1, -0.05) is 0 Å². The van der Waals surface area contributed by atoms with Crippen LogP contribution < -0.4 is 5.32 Å². The van der Waals surface area contributed by atoms with Crippen LogP contribution in [0.2, 0.25) is 0 Å². The average Bonchev–Trinajstić information content (AvgIpc) is 2.28. The van der Waals surface area contributed by atoms with Crippen molar-refractivity contribution in [3.8, 4) is 6.07 Å². The minimum Gasteiger partial charge on any atom is -0.369 e. The molecule has 7 nitrogen and oxygen atoms in total. The quantitative estimate of drug-likeness (QED) is 0.600. The van der Waals surface area contributed by atoms with E-state index < -0.39 is 4.92 Å². The minimum atomic E-state index is -0.616. The Morgan fingerprint density at radius 1 is 1.59 bits per heavy atom. The summed E-state index contributed by atoms with van der Waals surface area (Å²) in [7, 11) is 3.87. The van der Waals surface area contributed by atoms with Crippen molar-refractivity contribution in [3.05, 3.63) is 27.9 Å². The number of hydrogen-bond acceptors (Lipinski definition) is 6. The van der Waals surface area contributed by atoms with Gasteiger partial charge in [0.2, 0.25) is 5.69 Å². The summed E-state index contributed by atoms with van der Waals surface area (Å²) in [6.07, 6.45) is 0. The number of aromatic nitrogens is 1. The molecule has 1 aromatic heterocycles. The molecule has 0 saturated carbocycles. The van der Waals surface area contributed by atoms with Gasteiger partial charge in [-0.3, -0.25) is 10.1 Å². The molecule has 0 fully saturated rings. The zero-order valence-electron chi connectivity index (χ0n) is 9.67. The molecule has 0 aromatic carbocycles. The van der Waals surface area contributed by atoms with Crippen LogP contribution in [0.5, 0.6) is 0 Å². The lowest BCUT2D eigenvalue weighted by atomic mass is 10.3. The van der Waals surface area contributed by atoms with Crippen molar-refractivity contribution < 1.29 is 4.92 Å². The lowest BCUT2D eigenvalue weighted by Gasteiger charge is -2.10. The van der Waals surface area contributed by atoms with Crippen LogP contribution in [0.25, 0.3) is 0 Å². The molecule has 0 aliphatic heterocycles. The van der Waals surface area contributed by atoms with E-state index in [2.05, 4.69) is 10.3 Å². The molecule has 0 amide bonds. The van der Waals surface area contributed by atoms with E-state index in [4.69, 9.17) is 5.26 Å². The first-order chi connectivity index (χ1) is 8.04. The predicted octanol–water partition coefficient (Wildman–Crippen LogP) is 0.835. The number of hydrogen-bond donors (Lipinski definition) is 1. The van der Waals surface area contributed by atoms with Crippen LogP contribution in [-0.2, 0) is 0 Å². The van der Waals surface area contributed by atoms with Gasteiger partial charge in [0.05, 0.1) is 4.92 Å². The van der Waals surface area contributed by atoms with Crippen molar-refractivity contribution in [1.29, 1.82) is 5.26 Å². The molecule has 1 aromatic rings. The van der Waals surface area contributed by atoms with E-state index in [-0.39, 0.29) is 11.4 Å². The Hall–Kier alpha value is -2.20. The molecule has 1 rings (SSSR count). The molecule has 0 atom stereocenters. The maximum atomic E-state index is 10.6. The molecule has 0 aliphatic rings. The summed E-state index contributed by atoms with van der Waals surface area (Å²) in [5.41, 5.74) is -0.449. The molecular weight excluding hydrogens is 222 g/mol. The van der Waals surface area contributed by atoms with Gasteiger partial charge >= 0.3 is 5.69 Å². The number of nitro groups is 1. The van der Waals surface area contributed by atoms with Gasteiger partial charge in [0.25, 0.3) is 0 Å². The van der Waals surface area contributed by atoms with Gasteiger partial charge in [-0.05, 0) is 20.2 Å². The predicted molar refractivity (Wildman–Crippen MR) is 62.7 cm³/mol. The lowest BCUT2D eigenvalue weighted by Crippen LogP contribution is -2.21. The largest absolute Gasteiger partial charge is 0.369 e. The third-order valence-electron chi connectivity index (χ3n) is 2.04. The van der Waals surface area contributed by atoms with Crippen LogP contribution in [-0.4, -0.2) is 42.0 Å². The summed E-state index contributed by atoms with van der Waals surface area (Å²) in [6.45, 7) is 1.46. The summed E-state index contributed by atoms with van der Waals surface area (Å²) in [4.78, 5) is 15.8. The zero-order chi connectivity index (χ0) is 12.8. The van der Waals surface area contributed by atoms with Gasteiger partial charge in [-0.15, -0.1) is 0 Å². The van der Waals surface area contributed by atoms with Gasteiger partial charge in [-0.2, -0.15) is 5.26 Å². The Bertz CT molecular complexity index is 452. The normalized spacial score (nSPS) is 10.0. The summed E-state index contributed by atoms with van der Waals surface area (Å²) in [5.74, 6) is 0.467. The van der Waals surface area contributed by atoms with Gasteiger partial charge in [0, 0.05) is 19.2 Å². The third kappa shape index (κ3) is 3.70. The summed E-state index contributed by atoms with van der Waals surface area (Å²) >= 11 is 0. The van der Waals surface area contributed by atoms with Crippen LogP contribution in [0.3, 0.4) is 0 Å². The van der Waals surface area contributed by atoms with Crippen molar-refractivity contribution in [3.63, 3.8) is 0 Å². The van der Waals surface area contributed by atoms with E-state index in [1.165, 1.54) is 12.1 Å². The highest BCUT2D eigenvalue weighted by molar-refractivity contribution is 5.50. The Kier molecular flexibility index (Phi) is 4.37. The molecule has 0 spiro atoms. The number of nitriles is 1. The number of nitrogens with zero attached hydrogens (tertiary/aromatic N) is 4. The second-order valence-corrected chi connectivity index (χ2v) is 3.66. The fourth-order valence-electron chi connectivity index (χ4n) is 1.19. The van der Waals surface area contributed by atoms with E-state index in [1.807, 2.05) is 19.0 Å². The van der Waals surface area contributed by atoms with E-state index >= 15 is 0 Å². The summed E-state index contributed by atoms with van der Waals surface area (Å²) in [6, 6.07) is 4.49. The van der Waals surface area contributed by atoms with Crippen LogP contribution in [0.15, 0.2) is 12.1 Å². The zero-order valence-corrected chi connectivity index (χ0v) is 9.67. The van der Waals surface area contributed by atoms with E-state index in [0.29, 0.717) is 12.4 Å². The maximum absolute atomic E-state index is 10.6. The molecule has 0 unspecified atom stereocenters. The average molecular weight is 235 g/mol. The minimum absolute atomic E-state index is 0.176. The highest BCUT2D eigenvalue weighted by Gasteiger charge is 2.15. The molecule has 0 radical (unpaired) electrons.